The Morgan fingerprint density at radius 3 is 2.79 bits per heavy atom. The lowest BCUT2D eigenvalue weighted by Gasteiger charge is -2.25. The largest absolute Gasteiger partial charge is 0.497 e. The number of allylic oxidation sites excluding steroid dienone is 3. The molecule has 1 fully saturated rings. The Morgan fingerprint density at radius 2 is 2.14 bits per heavy atom. The number of methoxy groups -OCH3 is 1. The van der Waals surface area contributed by atoms with E-state index in [0.717, 1.165) is 0 Å². The Balaban J connectivity index is 1.51. The highest BCUT2D eigenvalue weighted by Crippen LogP contribution is 2.28. The molecule has 2 amide bonds. The maximum atomic E-state index is 14.0. The molecule has 0 unspecified atom stereocenters. The van der Waals surface area contributed by atoms with Crippen molar-refractivity contribution in [2.24, 2.45) is 0 Å². The second-order valence-corrected chi connectivity index (χ2v) is 9.87. The molecule has 2 aromatic rings. The first-order valence-electron chi connectivity index (χ1n) is 12.8. The Morgan fingerprint density at radius 1 is 1.38 bits per heavy atom. The molecule has 0 saturated carbocycles. The van der Waals surface area contributed by atoms with Crippen LogP contribution in [-0.4, -0.2) is 75.9 Å². The number of aliphatic hydroxyl groups is 1. The first kappa shape index (κ1) is 30.4. The van der Waals surface area contributed by atoms with E-state index in [1.54, 1.807) is 31.3 Å². The summed E-state index contributed by atoms with van der Waals surface area (Å²) in [6, 6.07) is 1.91. The first-order chi connectivity index (χ1) is 20.0. The highest BCUT2D eigenvalue weighted by atomic mass is 35.5. The van der Waals surface area contributed by atoms with Gasteiger partial charge >= 0.3 is 0 Å². The molecule has 0 spiro atoms. The van der Waals surface area contributed by atoms with Crippen LogP contribution in [0, 0.1) is 11.2 Å². The van der Waals surface area contributed by atoms with Crippen LogP contribution in [0.3, 0.4) is 0 Å². The van der Waals surface area contributed by atoms with Gasteiger partial charge in [0.25, 0.3) is 5.91 Å². The van der Waals surface area contributed by atoms with Crippen LogP contribution in [0.25, 0.3) is 5.57 Å². The molecule has 1 aromatic carbocycles. The summed E-state index contributed by atoms with van der Waals surface area (Å²) in [7, 11) is 3.18. The number of benzene rings is 1. The minimum atomic E-state index is -1.00. The lowest BCUT2D eigenvalue weighted by molar-refractivity contribution is -0.135. The van der Waals surface area contributed by atoms with Gasteiger partial charge in [-0.25, -0.2) is 14.4 Å². The molecule has 3 heterocycles. The van der Waals surface area contributed by atoms with Crippen LogP contribution in [0.1, 0.15) is 31.1 Å². The summed E-state index contributed by atoms with van der Waals surface area (Å²) in [5, 5.41) is 26.0. The lowest BCUT2D eigenvalue weighted by atomic mass is 10.1. The molecule has 2 aliphatic heterocycles. The minimum absolute atomic E-state index is 0.00512. The van der Waals surface area contributed by atoms with Gasteiger partial charge < -0.3 is 30.8 Å². The fourth-order valence-corrected chi connectivity index (χ4v) is 4.51. The van der Waals surface area contributed by atoms with E-state index in [-0.39, 0.29) is 34.6 Å². The van der Waals surface area contributed by atoms with E-state index in [1.807, 2.05) is 0 Å². The molecule has 0 aliphatic carbocycles. The molecule has 13 nitrogen and oxygen atoms in total. The standard InChI is InChI=1S/C27H31ClFN9O4/c1-5-15(24-20(28)10-31-27(34-24)33-23-12-37(3)36-35-23)8-19-21(30)11-38(26(19)41)14(2)25(40)32-22(13-39)16-6-17(29)9-18(7-16)42-4/h5-10,12,14,22,30,35-36,39H,11,13H2,1-4H3,(H,32,40)(H,31,33,34)/b15-5+,19-8+,30-21?/t14-,22-/m1/s1. The van der Waals surface area contributed by atoms with Crippen LogP contribution >= 0.6 is 11.6 Å². The first-order valence-corrected chi connectivity index (χ1v) is 13.2. The smallest absolute Gasteiger partial charge is 0.256 e. The van der Waals surface area contributed by atoms with Crippen molar-refractivity contribution in [1.82, 2.24) is 36.2 Å². The molecule has 2 atom stereocenters. The quantitative estimate of drug-likeness (QED) is 0.222. The predicted octanol–water partition coefficient (Wildman–Crippen LogP) is 1.87. The van der Waals surface area contributed by atoms with Gasteiger partial charge in [-0.1, -0.05) is 17.7 Å². The third-order valence-electron chi connectivity index (χ3n) is 6.59. The van der Waals surface area contributed by atoms with Gasteiger partial charge in [-0.3, -0.25) is 20.0 Å². The van der Waals surface area contributed by atoms with Gasteiger partial charge in [-0.15, -0.1) is 5.53 Å². The Kier molecular flexibility index (Phi) is 9.40. The average Bonchev–Trinajstić information content (AvgIpc) is 3.51. The van der Waals surface area contributed by atoms with E-state index >= 15 is 0 Å². The zero-order chi connectivity index (χ0) is 30.6. The second-order valence-electron chi connectivity index (χ2n) is 9.46. The number of ether oxygens (including phenoxy) is 1. The van der Waals surface area contributed by atoms with Gasteiger partial charge in [0, 0.05) is 13.1 Å². The molecule has 15 heteroatoms. The van der Waals surface area contributed by atoms with Crippen LogP contribution in [0.2, 0.25) is 5.02 Å². The number of carbonyl (C=O) groups is 2. The number of aromatic nitrogens is 2. The summed E-state index contributed by atoms with van der Waals surface area (Å²) in [4.78, 5) is 36.4. The monoisotopic (exact) mass is 599 g/mol. The van der Waals surface area contributed by atoms with Crippen LogP contribution in [0.5, 0.6) is 5.75 Å². The third-order valence-corrected chi connectivity index (χ3v) is 6.86. The SMILES string of the molecule is C/C=C(\C=C1/C(=N)CN([C@H](C)C(=O)N[C@H](CO)c2cc(F)cc(OC)c2)C1=O)c1nc(NC2=CN(C)NN2)ncc1Cl. The number of nitrogens with one attached hydrogen (secondary N) is 5. The zero-order valence-electron chi connectivity index (χ0n) is 23.3. The highest BCUT2D eigenvalue weighted by Gasteiger charge is 2.37. The van der Waals surface area contributed by atoms with E-state index in [0.29, 0.717) is 22.7 Å². The summed E-state index contributed by atoms with van der Waals surface area (Å²) in [6.45, 7) is 2.63. The maximum absolute atomic E-state index is 14.0. The van der Waals surface area contributed by atoms with E-state index in [2.05, 4.69) is 31.6 Å². The summed E-state index contributed by atoms with van der Waals surface area (Å²) in [6.07, 6.45) is 6.38. The molecule has 4 rings (SSSR count). The summed E-state index contributed by atoms with van der Waals surface area (Å²) in [5.41, 5.74) is 6.95. The normalized spacial score (nSPS) is 17.7. The number of nitrogens with zero attached hydrogens (tertiary/aromatic N) is 4. The molecule has 1 saturated heterocycles. The third kappa shape index (κ3) is 6.67. The molecule has 0 radical (unpaired) electrons. The summed E-state index contributed by atoms with van der Waals surface area (Å²) < 4.78 is 19.1. The molecule has 222 valence electrons. The number of amides is 2. The van der Waals surface area contributed by atoms with Crippen molar-refractivity contribution in [3.05, 3.63) is 76.2 Å². The summed E-state index contributed by atoms with van der Waals surface area (Å²) in [5.74, 6) is -0.638. The van der Waals surface area contributed by atoms with E-state index in [1.165, 1.54) is 49.4 Å². The van der Waals surface area contributed by atoms with Gasteiger partial charge in [0.1, 0.15) is 23.4 Å². The van der Waals surface area contributed by atoms with Gasteiger partial charge in [0.15, 0.2) is 0 Å². The number of hydrogen-bond donors (Lipinski definition) is 6. The van der Waals surface area contributed by atoms with E-state index in [4.69, 9.17) is 21.7 Å². The van der Waals surface area contributed by atoms with Gasteiger partial charge in [0.2, 0.25) is 11.9 Å². The fourth-order valence-electron chi connectivity index (χ4n) is 4.31. The maximum Gasteiger partial charge on any atom is 0.256 e. The number of aliphatic hydroxyl groups excluding tert-OH is 1. The summed E-state index contributed by atoms with van der Waals surface area (Å²) >= 11 is 6.40. The molecule has 2 aliphatic rings. The topological polar surface area (TPSA) is 168 Å². The van der Waals surface area contributed by atoms with Crippen molar-refractivity contribution >= 4 is 40.6 Å². The zero-order valence-corrected chi connectivity index (χ0v) is 24.1. The molecular formula is C27H31ClFN9O4. The number of hydrazine groups is 2. The average molecular weight is 600 g/mol. The molecule has 6 N–H and O–H groups in total. The van der Waals surface area contributed by atoms with Crippen LogP contribution < -0.4 is 26.3 Å². The van der Waals surface area contributed by atoms with E-state index < -0.39 is 36.3 Å². The molecule has 0 bridgehead atoms. The van der Waals surface area contributed by atoms with E-state index in [9.17, 15) is 19.1 Å². The Hall–Kier alpha value is -4.53. The Labute approximate surface area is 246 Å². The van der Waals surface area contributed by atoms with Gasteiger partial charge in [-0.05, 0) is 43.2 Å². The molecular weight excluding hydrogens is 569 g/mol. The van der Waals surface area contributed by atoms with Crippen molar-refractivity contribution in [3.63, 3.8) is 0 Å². The van der Waals surface area contributed by atoms with Crippen molar-refractivity contribution < 1.29 is 23.8 Å². The number of carbonyl (C=O) groups excluding carboxylic acids is 2. The number of hydrogen-bond acceptors (Lipinski definition) is 11. The predicted molar refractivity (Wildman–Crippen MR) is 154 cm³/mol. The number of rotatable bonds is 10. The van der Waals surface area contributed by atoms with Crippen LogP contribution in [-0.2, 0) is 9.59 Å². The Bertz CT molecular complexity index is 1500. The lowest BCUT2D eigenvalue weighted by Crippen LogP contribution is -2.47. The molecule has 1 aromatic heterocycles. The van der Waals surface area contributed by atoms with Gasteiger partial charge in [-0.2, -0.15) is 0 Å². The van der Waals surface area contributed by atoms with Crippen molar-refractivity contribution in [2.75, 3.05) is 32.6 Å². The van der Waals surface area contributed by atoms with Crippen molar-refractivity contribution in [3.8, 4) is 5.75 Å². The highest BCUT2D eigenvalue weighted by molar-refractivity contribution is 6.32. The second kappa shape index (κ2) is 13.0. The van der Waals surface area contributed by atoms with Crippen molar-refractivity contribution in [1.29, 1.82) is 5.41 Å². The fraction of sp³-hybridized carbons (Fsp3) is 0.296. The van der Waals surface area contributed by atoms with Crippen LogP contribution in [0.15, 0.2) is 54.1 Å². The number of halogens is 2. The number of likely N-dealkylation sites (tertiary alicyclic amines) is 1. The minimum Gasteiger partial charge on any atom is -0.497 e. The number of anilines is 1. The van der Waals surface area contributed by atoms with Crippen LogP contribution in [0.4, 0.5) is 10.3 Å². The van der Waals surface area contributed by atoms with Crippen molar-refractivity contribution in [2.45, 2.75) is 25.9 Å². The molecule has 42 heavy (non-hydrogen) atoms. The van der Waals surface area contributed by atoms with Gasteiger partial charge in [0.05, 0.1) is 60.7 Å².